The zero-order valence-corrected chi connectivity index (χ0v) is 12.8. The van der Waals surface area contributed by atoms with E-state index in [-0.39, 0.29) is 0 Å². The van der Waals surface area contributed by atoms with Crippen LogP contribution in [0.5, 0.6) is 0 Å². The van der Waals surface area contributed by atoms with Crippen LogP contribution in [-0.4, -0.2) is 28.1 Å². The Morgan fingerprint density at radius 1 is 1.45 bits per heavy atom. The molecule has 1 saturated carbocycles. The third-order valence-electron chi connectivity index (χ3n) is 3.80. The largest absolute Gasteiger partial charge is 0.478 e. The molecule has 0 aliphatic heterocycles. The summed E-state index contributed by atoms with van der Waals surface area (Å²) in [6, 6.07) is 7.77. The number of hydrogen-bond donors (Lipinski definition) is 2. The lowest BCUT2D eigenvalue weighted by Crippen LogP contribution is -2.34. The number of carboxylic acid groups (broad SMARTS) is 1. The Balaban J connectivity index is 1.85. The molecule has 0 radical (unpaired) electrons. The second-order valence-corrected chi connectivity index (χ2v) is 6.90. The van der Waals surface area contributed by atoms with Crippen molar-refractivity contribution in [2.45, 2.75) is 50.4 Å². The second kappa shape index (κ2) is 7.70. The Morgan fingerprint density at radius 3 is 3.05 bits per heavy atom. The van der Waals surface area contributed by atoms with Crippen LogP contribution in [0.15, 0.2) is 24.3 Å². The Bertz CT molecular complexity index is 448. The molecule has 0 aromatic heterocycles. The molecule has 1 fully saturated rings. The maximum Gasteiger partial charge on any atom is 0.335 e. The number of thioether (sulfide) groups is 1. The van der Waals surface area contributed by atoms with Crippen molar-refractivity contribution in [1.82, 2.24) is 5.32 Å². The first-order chi connectivity index (χ1) is 9.69. The molecule has 2 atom stereocenters. The summed E-state index contributed by atoms with van der Waals surface area (Å²) in [5.41, 5.74) is 1.42. The predicted molar refractivity (Wildman–Crippen MR) is 84.4 cm³/mol. The molecule has 2 unspecified atom stereocenters. The van der Waals surface area contributed by atoms with Gasteiger partial charge in [-0.1, -0.05) is 25.5 Å². The van der Waals surface area contributed by atoms with Crippen molar-refractivity contribution >= 4 is 17.7 Å². The topological polar surface area (TPSA) is 49.3 Å². The van der Waals surface area contributed by atoms with Crippen LogP contribution in [0.2, 0.25) is 0 Å². The molecule has 1 aromatic carbocycles. The van der Waals surface area contributed by atoms with Gasteiger partial charge in [0.15, 0.2) is 0 Å². The quantitative estimate of drug-likeness (QED) is 0.842. The molecule has 0 spiro atoms. The minimum Gasteiger partial charge on any atom is -0.478 e. The number of aromatic carboxylic acids is 1. The standard InChI is InChI=1S/C16H23NO2S/c1-2-20-15-8-4-7-14(10-15)17-11-12-5-3-6-13(9-12)16(18)19/h3,5-6,9,14-15,17H,2,4,7-8,10-11H2,1H3,(H,18,19). The minimum absolute atomic E-state index is 0.368. The van der Waals surface area contributed by atoms with E-state index in [0.717, 1.165) is 17.4 Å². The smallest absolute Gasteiger partial charge is 0.335 e. The molecule has 0 heterocycles. The highest BCUT2D eigenvalue weighted by atomic mass is 32.2. The summed E-state index contributed by atoms with van der Waals surface area (Å²) in [5.74, 6) is 0.335. The Morgan fingerprint density at radius 2 is 2.30 bits per heavy atom. The van der Waals surface area contributed by atoms with Gasteiger partial charge in [0.25, 0.3) is 0 Å². The first kappa shape index (κ1) is 15.4. The third kappa shape index (κ3) is 4.53. The van der Waals surface area contributed by atoms with Gasteiger partial charge in [-0.15, -0.1) is 0 Å². The van der Waals surface area contributed by atoms with Gasteiger partial charge in [0.2, 0.25) is 0 Å². The van der Waals surface area contributed by atoms with Crippen LogP contribution < -0.4 is 5.32 Å². The van der Waals surface area contributed by atoms with Gasteiger partial charge in [0.1, 0.15) is 0 Å². The Labute approximate surface area is 125 Å². The van der Waals surface area contributed by atoms with Crippen molar-refractivity contribution in [3.05, 3.63) is 35.4 Å². The first-order valence-corrected chi connectivity index (χ1v) is 8.41. The molecule has 0 saturated heterocycles. The number of rotatable bonds is 6. The van der Waals surface area contributed by atoms with Gasteiger partial charge in [0, 0.05) is 17.8 Å². The molecule has 1 aliphatic rings. The summed E-state index contributed by atoms with van der Waals surface area (Å²) in [4.78, 5) is 11.0. The average molecular weight is 293 g/mol. The lowest BCUT2D eigenvalue weighted by molar-refractivity contribution is 0.0696. The number of carboxylic acids is 1. The molecular weight excluding hydrogens is 270 g/mol. The molecule has 0 bridgehead atoms. The summed E-state index contributed by atoms with van der Waals surface area (Å²) >= 11 is 2.07. The van der Waals surface area contributed by atoms with Crippen molar-refractivity contribution < 1.29 is 9.90 Å². The Kier molecular flexibility index (Phi) is 5.92. The van der Waals surface area contributed by atoms with Crippen molar-refractivity contribution in [2.24, 2.45) is 0 Å². The van der Waals surface area contributed by atoms with E-state index in [1.54, 1.807) is 12.1 Å². The van der Waals surface area contributed by atoms with E-state index in [9.17, 15) is 4.79 Å². The monoisotopic (exact) mass is 293 g/mol. The summed E-state index contributed by atoms with van der Waals surface area (Å²) in [6.07, 6.45) is 5.10. The third-order valence-corrected chi connectivity index (χ3v) is 5.03. The molecule has 110 valence electrons. The van der Waals surface area contributed by atoms with Crippen LogP contribution in [0.25, 0.3) is 0 Å². The second-order valence-electron chi connectivity index (χ2n) is 5.33. The van der Waals surface area contributed by atoms with E-state index >= 15 is 0 Å². The van der Waals surface area contributed by atoms with E-state index in [0.29, 0.717) is 11.6 Å². The van der Waals surface area contributed by atoms with E-state index < -0.39 is 5.97 Å². The van der Waals surface area contributed by atoms with Gasteiger partial charge in [-0.3, -0.25) is 0 Å². The van der Waals surface area contributed by atoms with Crippen LogP contribution in [0.4, 0.5) is 0 Å². The minimum atomic E-state index is -0.857. The zero-order valence-electron chi connectivity index (χ0n) is 12.0. The van der Waals surface area contributed by atoms with Crippen LogP contribution >= 0.6 is 11.8 Å². The van der Waals surface area contributed by atoms with Gasteiger partial charge >= 0.3 is 5.97 Å². The van der Waals surface area contributed by atoms with Gasteiger partial charge in [-0.2, -0.15) is 11.8 Å². The molecule has 20 heavy (non-hydrogen) atoms. The van der Waals surface area contributed by atoms with E-state index in [1.165, 1.54) is 31.4 Å². The van der Waals surface area contributed by atoms with Crippen LogP contribution in [0.1, 0.15) is 48.5 Å². The molecule has 4 heteroatoms. The number of benzene rings is 1. The van der Waals surface area contributed by atoms with Crippen molar-refractivity contribution in [3.8, 4) is 0 Å². The Hall–Kier alpha value is -1.00. The highest BCUT2D eigenvalue weighted by Crippen LogP contribution is 2.28. The number of carbonyl (C=O) groups is 1. The highest BCUT2D eigenvalue weighted by molar-refractivity contribution is 7.99. The fourth-order valence-electron chi connectivity index (χ4n) is 2.79. The molecule has 1 aromatic rings. The number of hydrogen-bond acceptors (Lipinski definition) is 3. The predicted octanol–water partition coefficient (Wildman–Crippen LogP) is 3.54. The van der Waals surface area contributed by atoms with Gasteiger partial charge in [-0.25, -0.2) is 4.79 Å². The van der Waals surface area contributed by atoms with Crippen molar-refractivity contribution in [3.63, 3.8) is 0 Å². The van der Waals surface area contributed by atoms with E-state index in [4.69, 9.17) is 5.11 Å². The van der Waals surface area contributed by atoms with Crippen LogP contribution in [-0.2, 0) is 6.54 Å². The molecule has 0 amide bonds. The summed E-state index contributed by atoms with van der Waals surface area (Å²) in [5, 5.41) is 13.4. The molecule has 3 nitrogen and oxygen atoms in total. The van der Waals surface area contributed by atoms with Crippen molar-refractivity contribution in [2.75, 3.05) is 5.75 Å². The SMILES string of the molecule is CCSC1CCCC(NCc2cccc(C(=O)O)c2)C1. The van der Waals surface area contributed by atoms with E-state index in [1.807, 2.05) is 12.1 Å². The highest BCUT2D eigenvalue weighted by Gasteiger charge is 2.21. The average Bonchev–Trinajstić information content (AvgIpc) is 2.46. The number of nitrogens with one attached hydrogen (secondary N) is 1. The molecule has 1 aliphatic carbocycles. The lowest BCUT2D eigenvalue weighted by Gasteiger charge is -2.29. The van der Waals surface area contributed by atoms with Gasteiger partial charge in [0.05, 0.1) is 5.56 Å². The van der Waals surface area contributed by atoms with Crippen LogP contribution in [0, 0.1) is 0 Å². The summed E-state index contributed by atoms with van der Waals surface area (Å²) in [6.45, 7) is 2.98. The maximum atomic E-state index is 11.0. The maximum absolute atomic E-state index is 11.0. The van der Waals surface area contributed by atoms with Gasteiger partial charge < -0.3 is 10.4 Å². The van der Waals surface area contributed by atoms with E-state index in [2.05, 4.69) is 24.0 Å². The first-order valence-electron chi connectivity index (χ1n) is 7.36. The zero-order chi connectivity index (χ0) is 14.4. The molecule has 2 N–H and O–H groups in total. The summed E-state index contributed by atoms with van der Waals surface area (Å²) < 4.78 is 0. The van der Waals surface area contributed by atoms with Crippen molar-refractivity contribution in [1.29, 1.82) is 0 Å². The van der Waals surface area contributed by atoms with Crippen LogP contribution in [0.3, 0.4) is 0 Å². The fraction of sp³-hybridized carbons (Fsp3) is 0.562. The van der Waals surface area contributed by atoms with Gasteiger partial charge in [-0.05, 0) is 42.7 Å². The fourth-order valence-corrected chi connectivity index (χ4v) is 3.97. The summed E-state index contributed by atoms with van der Waals surface area (Å²) in [7, 11) is 0. The lowest BCUT2D eigenvalue weighted by atomic mass is 9.94. The molecular formula is C16H23NO2S. The normalized spacial score (nSPS) is 22.6. The molecule has 2 rings (SSSR count).